The summed E-state index contributed by atoms with van der Waals surface area (Å²) in [5.41, 5.74) is -0.0525. The van der Waals surface area contributed by atoms with E-state index in [1.165, 1.54) is 24.3 Å². The van der Waals surface area contributed by atoms with Crippen molar-refractivity contribution >= 4 is 21.6 Å². The lowest BCUT2D eigenvalue weighted by molar-refractivity contribution is -0.137. The molecule has 0 radical (unpaired) electrons. The third-order valence-electron chi connectivity index (χ3n) is 4.82. The summed E-state index contributed by atoms with van der Waals surface area (Å²) >= 11 is 0. The molecule has 1 atom stereocenters. The molecule has 3 rings (SSSR count). The highest BCUT2D eigenvalue weighted by Crippen LogP contribution is 2.30. The molecule has 2 N–H and O–H groups in total. The molecular formula is C24H23F3N2O4S. The van der Waals surface area contributed by atoms with Crippen molar-refractivity contribution in [2.45, 2.75) is 30.5 Å². The number of alkyl halides is 3. The van der Waals surface area contributed by atoms with Crippen LogP contribution in [0.3, 0.4) is 0 Å². The van der Waals surface area contributed by atoms with Gasteiger partial charge in [0.15, 0.2) is 0 Å². The Kier molecular flexibility index (Phi) is 7.95. The molecule has 0 aliphatic heterocycles. The van der Waals surface area contributed by atoms with E-state index < -0.39 is 33.7 Å². The molecule has 0 heterocycles. The number of ether oxygens (including phenoxy) is 1. The monoisotopic (exact) mass is 492 g/mol. The second-order valence-corrected chi connectivity index (χ2v) is 9.05. The molecule has 3 aromatic rings. The van der Waals surface area contributed by atoms with Crippen molar-refractivity contribution < 1.29 is 31.1 Å². The van der Waals surface area contributed by atoms with Crippen molar-refractivity contribution in [1.82, 2.24) is 4.72 Å². The molecule has 1 unspecified atom stereocenters. The Morgan fingerprint density at radius 3 is 2.12 bits per heavy atom. The van der Waals surface area contributed by atoms with E-state index in [2.05, 4.69) is 10.0 Å². The van der Waals surface area contributed by atoms with Crippen LogP contribution in [0.25, 0.3) is 0 Å². The third-order valence-corrected chi connectivity index (χ3v) is 6.31. The summed E-state index contributed by atoms with van der Waals surface area (Å²) in [5, 5.41) is 2.49. The van der Waals surface area contributed by atoms with Gasteiger partial charge in [0.1, 0.15) is 11.8 Å². The van der Waals surface area contributed by atoms with Crippen molar-refractivity contribution in [2.24, 2.45) is 0 Å². The Morgan fingerprint density at radius 2 is 1.56 bits per heavy atom. The number of amides is 1. The first-order chi connectivity index (χ1) is 16.1. The summed E-state index contributed by atoms with van der Waals surface area (Å²) in [6, 6.07) is 17.2. The molecule has 0 saturated carbocycles. The van der Waals surface area contributed by atoms with Gasteiger partial charge in [0.05, 0.1) is 17.1 Å². The van der Waals surface area contributed by atoms with Gasteiger partial charge in [-0.05, 0) is 67.4 Å². The Bertz CT molecular complexity index is 1200. The van der Waals surface area contributed by atoms with Gasteiger partial charge in [-0.3, -0.25) is 4.79 Å². The van der Waals surface area contributed by atoms with Crippen LogP contribution in [0.4, 0.5) is 18.9 Å². The standard InChI is InChI=1S/C24H23F3N2O4S/c1-2-33-20-12-14-21(15-13-20)34(31,32)29-22(16-17-6-4-3-5-7-17)23(30)28-19-10-8-18(9-11-19)24(25,26)27/h3-15,22,29H,2,16H2,1H3,(H,28,30). The Morgan fingerprint density at radius 1 is 0.941 bits per heavy atom. The van der Waals surface area contributed by atoms with Crippen molar-refractivity contribution in [2.75, 3.05) is 11.9 Å². The first kappa shape index (κ1) is 25.3. The minimum Gasteiger partial charge on any atom is -0.494 e. The number of sulfonamides is 1. The zero-order valence-electron chi connectivity index (χ0n) is 18.2. The number of carbonyl (C=O) groups is 1. The maximum atomic E-state index is 13.0. The molecule has 0 aromatic heterocycles. The maximum absolute atomic E-state index is 13.0. The lowest BCUT2D eigenvalue weighted by Crippen LogP contribution is -2.45. The SMILES string of the molecule is CCOc1ccc(S(=O)(=O)NC(Cc2ccccc2)C(=O)Nc2ccc(C(F)(F)F)cc2)cc1. The van der Waals surface area contributed by atoms with E-state index in [4.69, 9.17) is 4.74 Å². The minimum absolute atomic E-state index is 0.0313. The molecule has 180 valence electrons. The number of benzene rings is 3. The summed E-state index contributed by atoms with van der Waals surface area (Å²) in [4.78, 5) is 12.9. The smallest absolute Gasteiger partial charge is 0.416 e. The average Bonchev–Trinajstić information content (AvgIpc) is 2.79. The van der Waals surface area contributed by atoms with E-state index in [9.17, 15) is 26.4 Å². The molecule has 0 aliphatic carbocycles. The molecule has 3 aromatic carbocycles. The van der Waals surface area contributed by atoms with Crippen molar-refractivity contribution in [1.29, 1.82) is 0 Å². The maximum Gasteiger partial charge on any atom is 0.416 e. The third kappa shape index (κ3) is 6.82. The first-order valence-electron chi connectivity index (χ1n) is 10.4. The summed E-state index contributed by atoms with van der Waals surface area (Å²) in [6.07, 6.45) is -4.48. The van der Waals surface area contributed by atoms with Crippen LogP contribution >= 0.6 is 0 Å². The second kappa shape index (κ2) is 10.7. The Balaban J connectivity index is 1.82. The van der Waals surface area contributed by atoms with Crippen LogP contribution in [0.1, 0.15) is 18.1 Å². The van der Waals surface area contributed by atoms with E-state index in [0.717, 1.165) is 24.3 Å². The zero-order valence-corrected chi connectivity index (χ0v) is 19.0. The predicted molar refractivity (Wildman–Crippen MR) is 122 cm³/mol. The first-order valence-corrected chi connectivity index (χ1v) is 11.8. The zero-order chi connectivity index (χ0) is 24.8. The van der Waals surface area contributed by atoms with Gasteiger partial charge in [0, 0.05) is 5.69 Å². The summed E-state index contributed by atoms with van der Waals surface area (Å²) in [6.45, 7) is 2.23. The molecule has 10 heteroatoms. The van der Waals surface area contributed by atoms with Crippen LogP contribution in [0.2, 0.25) is 0 Å². The van der Waals surface area contributed by atoms with Gasteiger partial charge in [-0.25, -0.2) is 8.42 Å². The molecular weight excluding hydrogens is 469 g/mol. The topological polar surface area (TPSA) is 84.5 Å². The predicted octanol–water partition coefficient (Wildman–Crippen LogP) is 4.63. The van der Waals surface area contributed by atoms with Crippen molar-refractivity contribution in [3.05, 3.63) is 90.0 Å². The van der Waals surface area contributed by atoms with Crippen LogP contribution < -0.4 is 14.8 Å². The largest absolute Gasteiger partial charge is 0.494 e. The van der Waals surface area contributed by atoms with Crippen LogP contribution in [-0.4, -0.2) is 27.0 Å². The molecule has 6 nitrogen and oxygen atoms in total. The number of hydrogen-bond acceptors (Lipinski definition) is 4. The highest BCUT2D eigenvalue weighted by molar-refractivity contribution is 7.89. The second-order valence-electron chi connectivity index (χ2n) is 7.33. The van der Waals surface area contributed by atoms with Crippen molar-refractivity contribution in [3.63, 3.8) is 0 Å². The number of anilines is 1. The molecule has 1 amide bonds. The quantitative estimate of drug-likeness (QED) is 0.456. The lowest BCUT2D eigenvalue weighted by atomic mass is 10.1. The highest BCUT2D eigenvalue weighted by atomic mass is 32.2. The van der Waals surface area contributed by atoms with Gasteiger partial charge in [-0.2, -0.15) is 17.9 Å². The highest BCUT2D eigenvalue weighted by Gasteiger charge is 2.30. The summed E-state index contributed by atoms with van der Waals surface area (Å²) < 4.78 is 72.0. The number of halogens is 3. The molecule has 0 bridgehead atoms. The Hall–Kier alpha value is -3.37. The van der Waals surface area contributed by atoms with Crippen LogP contribution in [0.15, 0.2) is 83.8 Å². The van der Waals surface area contributed by atoms with Gasteiger partial charge in [-0.1, -0.05) is 30.3 Å². The van der Waals surface area contributed by atoms with E-state index >= 15 is 0 Å². The molecule has 0 saturated heterocycles. The van der Waals surface area contributed by atoms with Gasteiger partial charge < -0.3 is 10.1 Å². The number of hydrogen-bond donors (Lipinski definition) is 2. The summed E-state index contributed by atoms with van der Waals surface area (Å²) in [7, 11) is -4.09. The van der Waals surface area contributed by atoms with Crippen LogP contribution in [0.5, 0.6) is 5.75 Å². The normalized spacial score (nSPS) is 12.7. The van der Waals surface area contributed by atoms with Gasteiger partial charge in [0.2, 0.25) is 15.9 Å². The fourth-order valence-electron chi connectivity index (χ4n) is 3.15. The fourth-order valence-corrected chi connectivity index (χ4v) is 4.34. The van der Waals surface area contributed by atoms with Crippen molar-refractivity contribution in [3.8, 4) is 5.75 Å². The van der Waals surface area contributed by atoms with E-state index in [-0.39, 0.29) is 17.0 Å². The average molecular weight is 493 g/mol. The van der Waals surface area contributed by atoms with E-state index in [0.29, 0.717) is 17.9 Å². The molecule has 0 aliphatic rings. The molecule has 0 fully saturated rings. The number of rotatable bonds is 9. The fraction of sp³-hybridized carbons (Fsp3) is 0.208. The molecule has 34 heavy (non-hydrogen) atoms. The van der Waals surface area contributed by atoms with Crippen LogP contribution in [0, 0.1) is 0 Å². The number of nitrogens with one attached hydrogen (secondary N) is 2. The van der Waals surface area contributed by atoms with Gasteiger partial charge in [0.25, 0.3) is 0 Å². The van der Waals surface area contributed by atoms with E-state index in [1.807, 2.05) is 0 Å². The number of carbonyl (C=O) groups excluding carboxylic acids is 1. The summed E-state index contributed by atoms with van der Waals surface area (Å²) in [5.74, 6) is -0.208. The molecule has 0 spiro atoms. The lowest BCUT2D eigenvalue weighted by Gasteiger charge is -2.19. The minimum atomic E-state index is -4.51. The van der Waals surface area contributed by atoms with Crippen LogP contribution in [-0.2, 0) is 27.4 Å². The Labute approximate surface area is 195 Å². The van der Waals surface area contributed by atoms with Gasteiger partial charge in [-0.15, -0.1) is 0 Å². The van der Waals surface area contributed by atoms with E-state index in [1.54, 1.807) is 37.3 Å². The van der Waals surface area contributed by atoms with Gasteiger partial charge >= 0.3 is 6.18 Å².